The fraction of sp³-hybridized carbons (Fsp3) is 0.133. The molecule has 5 heteroatoms. The maximum absolute atomic E-state index is 6.06. The summed E-state index contributed by atoms with van der Waals surface area (Å²) in [6.45, 7) is 2.02. The van der Waals surface area contributed by atoms with Crippen molar-refractivity contribution in [3.05, 3.63) is 47.0 Å². The molecular weight excluding hydrogens is 274 g/mol. The number of aromatic nitrogens is 2. The molecular formula is C15H14ClN3O. The number of benzene rings is 2. The fourth-order valence-electron chi connectivity index (χ4n) is 2.32. The fourth-order valence-corrected chi connectivity index (χ4v) is 2.51. The Morgan fingerprint density at radius 2 is 2.05 bits per heavy atom. The highest BCUT2D eigenvalue weighted by Crippen LogP contribution is 2.30. The number of nitrogens with two attached hydrogens (primary N) is 1. The number of fused-ring (bicyclic) bond motifs is 1. The molecule has 0 fully saturated rings. The third-order valence-electron chi connectivity index (χ3n) is 3.31. The van der Waals surface area contributed by atoms with Crippen molar-refractivity contribution in [2.45, 2.75) is 6.92 Å². The van der Waals surface area contributed by atoms with Gasteiger partial charge < -0.3 is 10.5 Å². The van der Waals surface area contributed by atoms with E-state index in [9.17, 15) is 0 Å². The van der Waals surface area contributed by atoms with Gasteiger partial charge in [-0.1, -0.05) is 23.7 Å². The van der Waals surface area contributed by atoms with E-state index in [1.165, 1.54) is 0 Å². The van der Waals surface area contributed by atoms with Crippen LogP contribution in [0.3, 0.4) is 0 Å². The number of methoxy groups -OCH3 is 1. The van der Waals surface area contributed by atoms with Gasteiger partial charge in [-0.05, 0) is 30.7 Å². The first kappa shape index (κ1) is 12.8. The summed E-state index contributed by atoms with van der Waals surface area (Å²) in [6.07, 6.45) is 0. The Morgan fingerprint density at radius 3 is 2.80 bits per heavy atom. The van der Waals surface area contributed by atoms with Crippen molar-refractivity contribution < 1.29 is 4.74 Å². The zero-order valence-electron chi connectivity index (χ0n) is 11.2. The molecule has 2 N–H and O–H groups in total. The Bertz CT molecular complexity index is 795. The van der Waals surface area contributed by atoms with Crippen molar-refractivity contribution in [2.24, 2.45) is 0 Å². The molecule has 102 valence electrons. The van der Waals surface area contributed by atoms with Crippen LogP contribution in [0.25, 0.3) is 16.7 Å². The molecule has 2 aromatic carbocycles. The lowest BCUT2D eigenvalue weighted by atomic mass is 10.2. The lowest BCUT2D eigenvalue weighted by Gasteiger charge is -2.09. The highest BCUT2D eigenvalue weighted by atomic mass is 35.5. The third-order valence-corrected chi connectivity index (χ3v) is 3.62. The van der Waals surface area contributed by atoms with E-state index in [1.807, 2.05) is 41.8 Å². The molecule has 0 aliphatic carbocycles. The first-order valence-corrected chi connectivity index (χ1v) is 6.57. The first-order chi connectivity index (χ1) is 9.61. The van der Waals surface area contributed by atoms with Crippen LogP contribution in [0.1, 0.15) is 5.56 Å². The lowest BCUT2D eigenvalue weighted by molar-refractivity contribution is 0.415. The number of ether oxygens (including phenoxy) is 1. The normalized spacial score (nSPS) is 10.9. The number of nitrogen functional groups attached to an aromatic ring is 1. The molecule has 0 aliphatic heterocycles. The van der Waals surface area contributed by atoms with Gasteiger partial charge in [0, 0.05) is 6.07 Å². The van der Waals surface area contributed by atoms with E-state index in [2.05, 4.69) is 4.98 Å². The zero-order valence-corrected chi connectivity index (χ0v) is 12.0. The van der Waals surface area contributed by atoms with Crippen LogP contribution >= 0.6 is 11.6 Å². The number of nitrogens with zero attached hydrogens (tertiary/aromatic N) is 2. The van der Waals surface area contributed by atoms with Crippen LogP contribution in [0.15, 0.2) is 36.4 Å². The standard InChI is InChI=1S/C15H14ClN3O/c1-9-4-3-5-12-14(9)18-15(17)19(12)10-6-7-11(16)13(8-10)20-2/h3-8H,1-2H3,(H2,17,18). The lowest BCUT2D eigenvalue weighted by Crippen LogP contribution is -2.01. The monoisotopic (exact) mass is 287 g/mol. The maximum Gasteiger partial charge on any atom is 0.205 e. The van der Waals surface area contributed by atoms with Gasteiger partial charge in [0.15, 0.2) is 0 Å². The molecule has 0 amide bonds. The molecule has 1 heterocycles. The van der Waals surface area contributed by atoms with Gasteiger partial charge in [-0.2, -0.15) is 0 Å². The van der Waals surface area contributed by atoms with Gasteiger partial charge in [-0.3, -0.25) is 4.57 Å². The molecule has 0 saturated carbocycles. The highest BCUT2D eigenvalue weighted by molar-refractivity contribution is 6.32. The number of rotatable bonds is 2. The molecule has 0 saturated heterocycles. The van der Waals surface area contributed by atoms with Gasteiger partial charge in [0.1, 0.15) is 5.75 Å². The van der Waals surface area contributed by atoms with Crippen molar-refractivity contribution in [3.8, 4) is 11.4 Å². The van der Waals surface area contributed by atoms with Crippen molar-refractivity contribution >= 4 is 28.6 Å². The van der Waals surface area contributed by atoms with E-state index in [1.54, 1.807) is 13.2 Å². The molecule has 4 nitrogen and oxygen atoms in total. The first-order valence-electron chi connectivity index (χ1n) is 6.19. The Hall–Kier alpha value is -2.20. The van der Waals surface area contributed by atoms with Crippen LogP contribution in [0, 0.1) is 6.92 Å². The van der Waals surface area contributed by atoms with Crippen LogP contribution in [0.5, 0.6) is 5.75 Å². The van der Waals surface area contributed by atoms with E-state index in [4.69, 9.17) is 22.1 Å². The third kappa shape index (κ3) is 1.89. The topological polar surface area (TPSA) is 53.1 Å². The molecule has 3 aromatic rings. The second-order valence-electron chi connectivity index (χ2n) is 4.57. The van der Waals surface area contributed by atoms with Crippen LogP contribution in [0.2, 0.25) is 5.02 Å². The predicted molar refractivity (Wildman–Crippen MR) is 81.8 cm³/mol. The summed E-state index contributed by atoms with van der Waals surface area (Å²) in [5, 5.41) is 0.565. The Labute approximate surface area is 121 Å². The minimum Gasteiger partial charge on any atom is -0.495 e. The van der Waals surface area contributed by atoms with E-state index >= 15 is 0 Å². The molecule has 0 unspecified atom stereocenters. The Kier molecular flexibility index (Phi) is 3.03. The molecule has 20 heavy (non-hydrogen) atoms. The average Bonchev–Trinajstić information content (AvgIpc) is 2.77. The van der Waals surface area contributed by atoms with Gasteiger partial charge in [0.25, 0.3) is 0 Å². The quantitative estimate of drug-likeness (QED) is 0.784. The predicted octanol–water partition coefficient (Wildman–Crippen LogP) is 3.58. The highest BCUT2D eigenvalue weighted by Gasteiger charge is 2.12. The zero-order chi connectivity index (χ0) is 14.3. The molecule has 0 spiro atoms. The summed E-state index contributed by atoms with van der Waals surface area (Å²) in [5.74, 6) is 1.05. The average molecular weight is 288 g/mol. The van der Waals surface area contributed by atoms with Crippen LogP contribution < -0.4 is 10.5 Å². The van der Waals surface area contributed by atoms with Gasteiger partial charge in [-0.25, -0.2) is 4.98 Å². The number of hydrogen-bond donors (Lipinski definition) is 1. The largest absolute Gasteiger partial charge is 0.495 e. The Morgan fingerprint density at radius 1 is 1.25 bits per heavy atom. The summed E-state index contributed by atoms with van der Waals surface area (Å²) in [4.78, 5) is 4.43. The Balaban J connectivity index is 2.29. The SMILES string of the molecule is COc1cc(-n2c(N)nc3c(C)cccc32)ccc1Cl. The van der Waals surface area contributed by atoms with Crippen LogP contribution in [-0.2, 0) is 0 Å². The van der Waals surface area contributed by atoms with Gasteiger partial charge >= 0.3 is 0 Å². The molecule has 0 atom stereocenters. The summed E-state index contributed by atoms with van der Waals surface area (Å²) in [5.41, 5.74) is 9.89. The van der Waals surface area contributed by atoms with E-state index in [0.717, 1.165) is 22.3 Å². The minimum absolute atomic E-state index is 0.443. The summed E-state index contributed by atoms with van der Waals surface area (Å²) in [6, 6.07) is 11.5. The number of anilines is 1. The van der Waals surface area contributed by atoms with E-state index in [-0.39, 0.29) is 0 Å². The number of hydrogen-bond acceptors (Lipinski definition) is 3. The number of aryl methyl sites for hydroxylation is 1. The second-order valence-corrected chi connectivity index (χ2v) is 4.97. The van der Waals surface area contributed by atoms with Crippen molar-refractivity contribution in [1.82, 2.24) is 9.55 Å². The van der Waals surface area contributed by atoms with Crippen LogP contribution in [-0.4, -0.2) is 16.7 Å². The van der Waals surface area contributed by atoms with Crippen LogP contribution in [0.4, 0.5) is 5.95 Å². The van der Waals surface area contributed by atoms with Gasteiger partial charge in [0.05, 0.1) is 28.9 Å². The number of para-hydroxylation sites is 1. The van der Waals surface area contributed by atoms with Crippen molar-refractivity contribution in [2.75, 3.05) is 12.8 Å². The van der Waals surface area contributed by atoms with Gasteiger partial charge in [0.2, 0.25) is 5.95 Å². The summed E-state index contributed by atoms with van der Waals surface area (Å²) < 4.78 is 7.14. The molecule has 0 radical (unpaired) electrons. The van der Waals surface area contributed by atoms with Crippen molar-refractivity contribution in [3.63, 3.8) is 0 Å². The number of halogens is 1. The van der Waals surface area contributed by atoms with Crippen molar-refractivity contribution in [1.29, 1.82) is 0 Å². The number of imidazole rings is 1. The van der Waals surface area contributed by atoms with Gasteiger partial charge in [-0.15, -0.1) is 0 Å². The van der Waals surface area contributed by atoms with E-state index < -0.39 is 0 Å². The second kappa shape index (κ2) is 4.72. The molecule has 3 rings (SSSR count). The molecule has 0 aliphatic rings. The summed E-state index contributed by atoms with van der Waals surface area (Å²) in [7, 11) is 1.59. The maximum atomic E-state index is 6.06. The minimum atomic E-state index is 0.443. The molecule has 1 aromatic heterocycles. The smallest absolute Gasteiger partial charge is 0.205 e. The summed E-state index contributed by atoms with van der Waals surface area (Å²) >= 11 is 6.06. The molecule has 0 bridgehead atoms. The van der Waals surface area contributed by atoms with E-state index in [0.29, 0.717) is 16.7 Å².